The van der Waals surface area contributed by atoms with Crippen LogP contribution >= 0.6 is 0 Å². The lowest BCUT2D eigenvalue weighted by molar-refractivity contribution is 0.662. The first-order chi connectivity index (χ1) is 20.8. The third kappa shape index (κ3) is 3.40. The van der Waals surface area contributed by atoms with Crippen LogP contribution in [0.3, 0.4) is 0 Å². The first kappa shape index (κ1) is 22.9. The third-order valence-electron chi connectivity index (χ3n) is 8.09. The van der Waals surface area contributed by atoms with Crippen LogP contribution in [0.25, 0.3) is 83.0 Å². The topological polar surface area (TPSA) is 56.7 Å². The average Bonchev–Trinajstić information content (AvgIpc) is 3.59. The zero-order valence-corrected chi connectivity index (χ0v) is 22.4. The maximum atomic E-state index is 6.68. The second kappa shape index (κ2) is 8.85. The highest BCUT2D eigenvalue weighted by Gasteiger charge is 2.22. The fourth-order valence-corrected chi connectivity index (χ4v) is 6.10. The maximum Gasteiger partial charge on any atom is 0.197 e. The van der Waals surface area contributed by atoms with Crippen molar-refractivity contribution in [3.63, 3.8) is 0 Å². The lowest BCUT2D eigenvalue weighted by Gasteiger charge is -2.10. The molecule has 0 N–H and O–H groups in total. The molecule has 0 saturated heterocycles. The molecule has 4 heterocycles. The van der Waals surface area contributed by atoms with Gasteiger partial charge in [-0.3, -0.25) is 9.55 Å². The summed E-state index contributed by atoms with van der Waals surface area (Å²) in [5.74, 6) is 1.38. The molecule has 0 amide bonds. The van der Waals surface area contributed by atoms with Gasteiger partial charge in [0.25, 0.3) is 0 Å². The molecule has 9 rings (SSSR count). The number of para-hydroxylation sites is 1. The van der Waals surface area contributed by atoms with Gasteiger partial charge in [-0.25, -0.2) is 9.97 Å². The van der Waals surface area contributed by atoms with Gasteiger partial charge < -0.3 is 4.42 Å². The summed E-state index contributed by atoms with van der Waals surface area (Å²) in [6.45, 7) is 0. The highest BCUT2D eigenvalue weighted by molar-refractivity contribution is 6.15. The number of hydrogen-bond donors (Lipinski definition) is 0. The van der Waals surface area contributed by atoms with E-state index >= 15 is 0 Å². The molecular formula is C37H22N4O. The smallest absolute Gasteiger partial charge is 0.197 e. The highest BCUT2D eigenvalue weighted by atomic mass is 16.3. The van der Waals surface area contributed by atoms with Crippen LogP contribution in [0.1, 0.15) is 0 Å². The monoisotopic (exact) mass is 538 g/mol. The molecule has 0 unspecified atom stereocenters. The molecule has 4 aromatic heterocycles. The van der Waals surface area contributed by atoms with Crippen molar-refractivity contribution in [2.24, 2.45) is 0 Å². The van der Waals surface area contributed by atoms with Crippen molar-refractivity contribution in [1.82, 2.24) is 19.5 Å². The minimum Gasteiger partial charge on any atom is -0.450 e. The van der Waals surface area contributed by atoms with Crippen LogP contribution in [0.15, 0.2) is 138 Å². The molecule has 5 heteroatoms. The molecule has 196 valence electrons. The molecular weight excluding hydrogens is 516 g/mol. The molecule has 0 aliphatic heterocycles. The molecule has 0 atom stereocenters. The van der Waals surface area contributed by atoms with E-state index in [1.807, 2.05) is 42.5 Å². The lowest BCUT2D eigenvalue weighted by Crippen LogP contribution is -2.01. The van der Waals surface area contributed by atoms with Gasteiger partial charge in [-0.2, -0.15) is 0 Å². The molecule has 0 saturated carbocycles. The molecule has 0 aliphatic carbocycles. The summed E-state index contributed by atoms with van der Waals surface area (Å²) >= 11 is 0. The molecule has 0 spiro atoms. The minimum atomic E-state index is 0.658. The number of fused-ring (bicyclic) bond motifs is 7. The van der Waals surface area contributed by atoms with Crippen LogP contribution in [0.5, 0.6) is 0 Å². The van der Waals surface area contributed by atoms with Gasteiger partial charge in [0, 0.05) is 34.1 Å². The molecule has 0 bridgehead atoms. The number of nitrogens with zero attached hydrogens (tertiary/aromatic N) is 4. The van der Waals surface area contributed by atoms with Crippen LogP contribution < -0.4 is 0 Å². The number of aromatic nitrogens is 4. The summed E-state index contributed by atoms with van der Waals surface area (Å²) in [6, 6.07) is 42.0. The van der Waals surface area contributed by atoms with E-state index in [2.05, 4.69) is 88.4 Å². The van der Waals surface area contributed by atoms with Crippen molar-refractivity contribution in [3.8, 4) is 28.3 Å². The molecule has 9 aromatic rings. The Balaban J connectivity index is 1.42. The zero-order valence-electron chi connectivity index (χ0n) is 22.4. The van der Waals surface area contributed by atoms with E-state index in [4.69, 9.17) is 14.4 Å². The zero-order chi connectivity index (χ0) is 27.6. The quantitative estimate of drug-likeness (QED) is 0.225. The van der Waals surface area contributed by atoms with E-state index in [0.717, 1.165) is 50.0 Å². The third-order valence-corrected chi connectivity index (χ3v) is 8.09. The molecule has 0 fully saturated rings. The van der Waals surface area contributed by atoms with Crippen molar-refractivity contribution in [3.05, 3.63) is 134 Å². The van der Waals surface area contributed by atoms with E-state index in [9.17, 15) is 0 Å². The Labute approximate surface area is 240 Å². The van der Waals surface area contributed by atoms with Crippen molar-refractivity contribution >= 4 is 54.6 Å². The van der Waals surface area contributed by atoms with Gasteiger partial charge in [-0.1, -0.05) is 78.9 Å². The second-order valence-electron chi connectivity index (χ2n) is 10.5. The molecule has 42 heavy (non-hydrogen) atoms. The average molecular weight is 539 g/mol. The number of pyridine rings is 1. The molecule has 0 aliphatic rings. The molecule has 5 nitrogen and oxygen atoms in total. The van der Waals surface area contributed by atoms with Crippen LogP contribution in [-0.4, -0.2) is 19.5 Å². The Morgan fingerprint density at radius 1 is 0.524 bits per heavy atom. The van der Waals surface area contributed by atoms with Gasteiger partial charge in [0.2, 0.25) is 0 Å². The van der Waals surface area contributed by atoms with E-state index in [-0.39, 0.29) is 0 Å². The molecule has 0 radical (unpaired) electrons. The van der Waals surface area contributed by atoms with Gasteiger partial charge in [-0.05, 0) is 64.4 Å². The predicted octanol–water partition coefficient (Wildman–Crippen LogP) is 9.36. The standard InChI is InChI=1S/C37H22N4O/c1-2-8-24(9-3-1)36-39-34-29-15-14-27(23-16-18-38-19-17-23)22-33(29)42-35(34)37(40-36)41-31-13-7-6-12-28(31)30-20-25-10-4-5-11-26(25)21-32(30)41/h1-22H. The Morgan fingerprint density at radius 2 is 1.29 bits per heavy atom. The summed E-state index contributed by atoms with van der Waals surface area (Å²) < 4.78 is 8.92. The van der Waals surface area contributed by atoms with E-state index in [1.54, 1.807) is 12.4 Å². The first-order valence-electron chi connectivity index (χ1n) is 13.9. The number of rotatable bonds is 3. The van der Waals surface area contributed by atoms with E-state index < -0.39 is 0 Å². The van der Waals surface area contributed by atoms with E-state index in [1.165, 1.54) is 21.5 Å². The number of benzene rings is 5. The van der Waals surface area contributed by atoms with Crippen molar-refractivity contribution in [2.75, 3.05) is 0 Å². The van der Waals surface area contributed by atoms with Gasteiger partial charge in [0.05, 0.1) is 11.0 Å². The van der Waals surface area contributed by atoms with Crippen LogP contribution in [0.2, 0.25) is 0 Å². The van der Waals surface area contributed by atoms with Gasteiger partial charge in [0.15, 0.2) is 17.2 Å². The summed E-state index contributed by atoms with van der Waals surface area (Å²) in [4.78, 5) is 14.5. The fraction of sp³-hybridized carbons (Fsp3) is 0. The van der Waals surface area contributed by atoms with Gasteiger partial charge in [-0.15, -0.1) is 0 Å². The molecule has 5 aromatic carbocycles. The van der Waals surface area contributed by atoms with E-state index in [0.29, 0.717) is 11.4 Å². The summed E-state index contributed by atoms with van der Waals surface area (Å²) in [5, 5.41) is 5.68. The number of hydrogen-bond acceptors (Lipinski definition) is 4. The SMILES string of the molecule is c1ccc(-c2nc(-n3c4ccccc4c4cc5ccccc5cc43)c3oc4cc(-c5ccncc5)ccc4c3n2)cc1. The Bertz CT molecular complexity index is 2460. The Morgan fingerprint density at radius 3 is 2.14 bits per heavy atom. The fourth-order valence-electron chi connectivity index (χ4n) is 6.10. The van der Waals surface area contributed by atoms with Crippen molar-refractivity contribution in [2.45, 2.75) is 0 Å². The second-order valence-corrected chi connectivity index (χ2v) is 10.5. The van der Waals surface area contributed by atoms with Crippen LogP contribution in [0.4, 0.5) is 0 Å². The number of furan rings is 1. The Hall–Kier alpha value is -5.81. The minimum absolute atomic E-state index is 0.658. The first-order valence-corrected chi connectivity index (χ1v) is 13.9. The van der Waals surface area contributed by atoms with Crippen molar-refractivity contribution in [1.29, 1.82) is 0 Å². The maximum absolute atomic E-state index is 6.68. The normalized spacial score (nSPS) is 11.8. The predicted molar refractivity (Wildman–Crippen MR) is 170 cm³/mol. The summed E-state index contributed by atoms with van der Waals surface area (Å²) in [7, 11) is 0. The summed E-state index contributed by atoms with van der Waals surface area (Å²) in [5.41, 5.74) is 7.46. The van der Waals surface area contributed by atoms with Crippen LogP contribution in [0, 0.1) is 0 Å². The highest BCUT2D eigenvalue weighted by Crippen LogP contribution is 2.39. The van der Waals surface area contributed by atoms with Crippen LogP contribution in [-0.2, 0) is 0 Å². The van der Waals surface area contributed by atoms with Gasteiger partial charge in [0.1, 0.15) is 11.1 Å². The van der Waals surface area contributed by atoms with Gasteiger partial charge >= 0.3 is 0 Å². The Kier molecular flexibility index (Phi) is 4.83. The lowest BCUT2D eigenvalue weighted by atomic mass is 10.1. The van der Waals surface area contributed by atoms with Crippen molar-refractivity contribution < 1.29 is 4.42 Å². The largest absolute Gasteiger partial charge is 0.450 e. The summed E-state index contributed by atoms with van der Waals surface area (Å²) in [6.07, 6.45) is 3.61.